The van der Waals surface area contributed by atoms with Crippen LogP contribution < -0.4 is 10.3 Å². The van der Waals surface area contributed by atoms with Crippen molar-refractivity contribution in [2.24, 2.45) is 7.05 Å². The Bertz CT molecular complexity index is 1010. The topological polar surface area (TPSA) is 96.8 Å². The molecule has 2 aromatic heterocycles. The Morgan fingerprint density at radius 1 is 1.31 bits per heavy atom. The van der Waals surface area contributed by atoms with Crippen LogP contribution in [0.5, 0.6) is 5.75 Å². The Kier molecular flexibility index (Phi) is 5.10. The van der Waals surface area contributed by atoms with E-state index in [4.69, 9.17) is 27.9 Å². The molecule has 0 saturated carbocycles. The molecular weight excluding hydrogens is 383 g/mol. The maximum atomic E-state index is 12.8. The molecule has 26 heavy (non-hydrogen) atoms. The van der Waals surface area contributed by atoms with Gasteiger partial charge in [0.2, 0.25) is 0 Å². The lowest BCUT2D eigenvalue weighted by Gasteiger charge is -2.14. The number of rotatable bonds is 5. The Morgan fingerprint density at radius 2 is 2.08 bits per heavy atom. The molecule has 0 amide bonds. The molecule has 11 heteroatoms. The highest BCUT2D eigenvalue weighted by Crippen LogP contribution is 2.36. The number of nitrogens with zero attached hydrogens (tertiary/aromatic N) is 6. The van der Waals surface area contributed by atoms with Gasteiger partial charge in [0.05, 0.1) is 22.2 Å². The van der Waals surface area contributed by atoms with E-state index in [1.54, 1.807) is 6.92 Å². The fourth-order valence-electron chi connectivity index (χ4n) is 2.43. The van der Waals surface area contributed by atoms with Crippen LogP contribution in [0.3, 0.4) is 0 Å². The molecule has 9 nitrogen and oxygen atoms in total. The summed E-state index contributed by atoms with van der Waals surface area (Å²) in [5, 5.41) is 11.1. The predicted octanol–water partition coefficient (Wildman–Crippen LogP) is 1.56. The third-order valence-corrected chi connectivity index (χ3v) is 4.39. The van der Waals surface area contributed by atoms with Gasteiger partial charge in [-0.1, -0.05) is 23.2 Å². The average Bonchev–Trinajstić information content (AvgIpc) is 3.19. The number of carbonyl (C=O) groups excluding carboxylic acids is 1. The van der Waals surface area contributed by atoms with Gasteiger partial charge < -0.3 is 4.74 Å². The normalized spacial score (nSPS) is 10.9. The monoisotopic (exact) mass is 396 g/mol. The van der Waals surface area contributed by atoms with Gasteiger partial charge in [0.1, 0.15) is 12.9 Å². The maximum absolute atomic E-state index is 12.8. The van der Waals surface area contributed by atoms with Crippen molar-refractivity contribution < 1.29 is 9.53 Å². The van der Waals surface area contributed by atoms with Crippen LogP contribution in [0.25, 0.3) is 0 Å². The minimum absolute atomic E-state index is 0.0692. The van der Waals surface area contributed by atoms with E-state index in [9.17, 15) is 9.59 Å². The molecule has 0 spiro atoms. The molecule has 0 aliphatic rings. The molecule has 2 heterocycles. The fourth-order valence-corrected chi connectivity index (χ4v) is 2.99. The number of tetrazole rings is 1. The Hall–Kier alpha value is -2.65. The van der Waals surface area contributed by atoms with Crippen LogP contribution in [0.2, 0.25) is 10.0 Å². The Morgan fingerprint density at radius 3 is 2.69 bits per heavy atom. The highest BCUT2D eigenvalue weighted by atomic mass is 35.5. The van der Waals surface area contributed by atoms with Gasteiger partial charge in [-0.05, 0) is 29.5 Å². The van der Waals surface area contributed by atoms with E-state index >= 15 is 0 Å². The minimum Gasteiger partial charge on any atom is -0.488 e. The van der Waals surface area contributed by atoms with Crippen LogP contribution >= 0.6 is 23.2 Å². The third kappa shape index (κ3) is 3.35. The van der Waals surface area contributed by atoms with Gasteiger partial charge in [-0.3, -0.25) is 9.59 Å². The lowest BCUT2D eigenvalue weighted by molar-refractivity contribution is 0.0927. The summed E-state index contributed by atoms with van der Waals surface area (Å²) >= 11 is 12.5. The number of carbonyl (C=O) groups is 1. The largest absolute Gasteiger partial charge is 0.488 e. The second kappa shape index (κ2) is 7.30. The highest BCUT2D eigenvalue weighted by molar-refractivity contribution is 6.39. The lowest BCUT2D eigenvalue weighted by atomic mass is 10.2. The summed E-state index contributed by atoms with van der Waals surface area (Å²) in [6.45, 7) is 2.24. The molecule has 0 N–H and O–H groups in total. The zero-order valence-corrected chi connectivity index (χ0v) is 15.4. The van der Waals surface area contributed by atoms with Crippen LogP contribution in [0.4, 0.5) is 0 Å². The van der Waals surface area contributed by atoms with Gasteiger partial charge >= 0.3 is 0 Å². The van der Waals surface area contributed by atoms with Crippen molar-refractivity contribution in [3.63, 3.8) is 0 Å². The molecule has 0 fully saturated rings. The average molecular weight is 397 g/mol. The van der Waals surface area contributed by atoms with Gasteiger partial charge in [-0.2, -0.15) is 0 Å². The van der Waals surface area contributed by atoms with E-state index in [-0.39, 0.29) is 33.5 Å². The number of hydrogen-bond acceptors (Lipinski definition) is 6. The first-order valence-corrected chi connectivity index (χ1v) is 8.27. The van der Waals surface area contributed by atoms with Crippen LogP contribution in [0.1, 0.15) is 16.1 Å². The van der Waals surface area contributed by atoms with Crippen molar-refractivity contribution >= 4 is 29.1 Å². The van der Waals surface area contributed by atoms with E-state index in [1.165, 1.54) is 45.6 Å². The van der Waals surface area contributed by atoms with Gasteiger partial charge in [-0.15, -0.1) is 5.10 Å². The summed E-state index contributed by atoms with van der Waals surface area (Å²) in [5.74, 6) is -0.277. The summed E-state index contributed by atoms with van der Waals surface area (Å²) in [7, 11) is 1.50. The number of benzene rings is 1. The molecule has 0 saturated heterocycles. The fraction of sp³-hybridized carbons (Fsp3) is 0.267. The van der Waals surface area contributed by atoms with Crippen molar-refractivity contribution in [1.82, 2.24) is 29.6 Å². The molecule has 0 aliphatic heterocycles. The summed E-state index contributed by atoms with van der Waals surface area (Å²) < 4.78 is 9.55. The summed E-state index contributed by atoms with van der Waals surface area (Å²) in [6.07, 6.45) is 1.45. The van der Waals surface area contributed by atoms with Crippen molar-refractivity contribution in [2.45, 2.75) is 13.5 Å². The smallest absolute Gasteiger partial charge is 0.278 e. The number of hydrogen-bond donors (Lipinski definition) is 0. The van der Waals surface area contributed by atoms with Crippen LogP contribution in [-0.4, -0.2) is 42.1 Å². The molecule has 0 aliphatic carbocycles. The third-order valence-electron chi connectivity index (χ3n) is 3.72. The zero-order chi connectivity index (χ0) is 18.8. The van der Waals surface area contributed by atoms with E-state index < -0.39 is 5.91 Å². The van der Waals surface area contributed by atoms with Crippen molar-refractivity contribution in [3.8, 4) is 5.75 Å². The SMILES string of the molecule is Cc1cc(=O)n(C)n1C(=O)c1ccc(Cl)c(OCCn2cnnn2)c1Cl. The van der Waals surface area contributed by atoms with Crippen LogP contribution in [0.15, 0.2) is 29.3 Å². The van der Waals surface area contributed by atoms with Gasteiger partial charge in [0.15, 0.2) is 5.75 Å². The second-order valence-electron chi connectivity index (χ2n) is 5.42. The van der Waals surface area contributed by atoms with Crippen LogP contribution in [0, 0.1) is 6.92 Å². The summed E-state index contributed by atoms with van der Waals surface area (Å²) in [4.78, 5) is 24.6. The molecule has 136 valence electrons. The Labute approximate surface area is 157 Å². The highest BCUT2D eigenvalue weighted by Gasteiger charge is 2.21. The van der Waals surface area contributed by atoms with Gasteiger partial charge in [-0.25, -0.2) is 14.0 Å². The molecule has 1 aromatic carbocycles. The second-order valence-corrected chi connectivity index (χ2v) is 6.21. The summed E-state index contributed by atoms with van der Waals surface area (Å²) in [5.41, 5.74) is 0.372. The first-order valence-electron chi connectivity index (χ1n) is 7.52. The first-order chi connectivity index (χ1) is 12.4. The zero-order valence-electron chi connectivity index (χ0n) is 13.9. The first kappa shape index (κ1) is 18.2. The molecule has 3 rings (SSSR count). The standard InChI is InChI=1S/C15H14Cl2N6O3/c1-9-7-12(24)21(2)23(9)15(25)10-3-4-11(16)14(13(10)17)26-6-5-22-8-18-19-20-22/h3-4,7-8H,5-6H2,1-2H3. The number of ether oxygens (including phenoxy) is 1. The molecule has 0 radical (unpaired) electrons. The van der Waals surface area contributed by atoms with Gasteiger partial charge in [0, 0.05) is 18.8 Å². The number of aryl methyl sites for hydroxylation is 1. The molecule has 0 bridgehead atoms. The summed E-state index contributed by atoms with van der Waals surface area (Å²) in [6, 6.07) is 4.38. The molecular formula is C15H14Cl2N6O3. The molecule has 0 unspecified atom stereocenters. The van der Waals surface area contributed by atoms with Gasteiger partial charge in [0.25, 0.3) is 11.5 Å². The van der Waals surface area contributed by atoms with Crippen molar-refractivity contribution in [1.29, 1.82) is 0 Å². The molecule has 3 aromatic rings. The predicted molar refractivity (Wildman–Crippen MR) is 93.9 cm³/mol. The molecule has 0 atom stereocenters. The van der Waals surface area contributed by atoms with E-state index in [2.05, 4.69) is 15.5 Å². The number of halogens is 2. The van der Waals surface area contributed by atoms with E-state index in [0.717, 1.165) is 0 Å². The van der Waals surface area contributed by atoms with Crippen molar-refractivity contribution in [2.75, 3.05) is 6.61 Å². The minimum atomic E-state index is -0.459. The lowest BCUT2D eigenvalue weighted by Crippen LogP contribution is -2.26. The maximum Gasteiger partial charge on any atom is 0.278 e. The van der Waals surface area contributed by atoms with Crippen LogP contribution in [-0.2, 0) is 13.6 Å². The van der Waals surface area contributed by atoms with E-state index in [0.29, 0.717) is 12.2 Å². The van der Waals surface area contributed by atoms with E-state index in [1.807, 2.05) is 0 Å². The Balaban J connectivity index is 1.89. The van der Waals surface area contributed by atoms with Crippen molar-refractivity contribution in [3.05, 3.63) is 56.2 Å². The number of aromatic nitrogens is 6. The quantitative estimate of drug-likeness (QED) is 0.648.